The zero-order valence-corrected chi connectivity index (χ0v) is 18.8. The Labute approximate surface area is 184 Å². The molecule has 0 aliphatic rings. The Kier molecular flexibility index (Phi) is 6.03. The van der Waals surface area contributed by atoms with Gasteiger partial charge in [0.05, 0.1) is 40.2 Å². The summed E-state index contributed by atoms with van der Waals surface area (Å²) in [6.45, 7) is 2.69. The van der Waals surface area contributed by atoms with Crippen molar-refractivity contribution >= 4 is 49.5 Å². The van der Waals surface area contributed by atoms with Crippen LogP contribution in [0.5, 0.6) is 0 Å². The number of ether oxygens (including phenoxy) is 1. The lowest BCUT2D eigenvalue weighted by atomic mass is 10.2. The van der Waals surface area contributed by atoms with Gasteiger partial charge >= 0.3 is 0 Å². The van der Waals surface area contributed by atoms with Crippen LogP contribution < -0.4 is 11.1 Å². The lowest BCUT2D eigenvalue weighted by molar-refractivity contribution is 0.183. The molecular formula is C21H19BrN4O3S. The number of hydrogen-bond donors (Lipinski definition) is 1. The standard InChI is InChI=1S/C21H19BrN4O3S/c1-12(18-23-16-6-4-3-5-14(16)19(27)25-18)30-21-24-17-8-7-13(22)11-15(17)20(28)26(21)9-10-29-2/h3-8,11-12H,9-10H2,1-2H3,(H,23,25,27). The lowest BCUT2D eigenvalue weighted by Gasteiger charge is -2.16. The number of hydrogen-bond acceptors (Lipinski definition) is 6. The van der Waals surface area contributed by atoms with Crippen LogP contribution in [0, 0.1) is 0 Å². The number of rotatable bonds is 6. The van der Waals surface area contributed by atoms with Crippen LogP contribution >= 0.6 is 27.7 Å². The van der Waals surface area contributed by atoms with Crippen LogP contribution in [0.3, 0.4) is 0 Å². The smallest absolute Gasteiger partial charge is 0.262 e. The number of fused-ring (bicyclic) bond motifs is 2. The highest BCUT2D eigenvalue weighted by Gasteiger charge is 2.18. The molecular weight excluding hydrogens is 468 g/mol. The van der Waals surface area contributed by atoms with Crippen LogP contribution in [0.1, 0.15) is 18.0 Å². The van der Waals surface area contributed by atoms with E-state index < -0.39 is 0 Å². The van der Waals surface area contributed by atoms with Gasteiger partial charge in [0.1, 0.15) is 5.82 Å². The SMILES string of the molecule is COCCn1c(SC(C)c2nc3ccccc3c(=O)[nH]2)nc2ccc(Br)cc2c1=O. The Hall–Kier alpha value is -2.49. The Morgan fingerprint density at radius 3 is 2.70 bits per heavy atom. The summed E-state index contributed by atoms with van der Waals surface area (Å²) >= 11 is 4.79. The molecule has 1 N–H and O–H groups in total. The molecule has 0 amide bonds. The first kappa shape index (κ1) is 20.8. The molecule has 1 unspecified atom stereocenters. The molecule has 2 heterocycles. The number of H-pyrrole nitrogens is 1. The largest absolute Gasteiger partial charge is 0.383 e. The number of aromatic nitrogens is 4. The molecule has 9 heteroatoms. The fourth-order valence-electron chi connectivity index (χ4n) is 3.15. The zero-order chi connectivity index (χ0) is 21.3. The van der Waals surface area contributed by atoms with Crippen molar-refractivity contribution in [1.29, 1.82) is 0 Å². The number of methoxy groups -OCH3 is 1. The average Bonchev–Trinajstić information content (AvgIpc) is 2.74. The van der Waals surface area contributed by atoms with Crippen LogP contribution in [0.15, 0.2) is 61.7 Å². The first-order valence-corrected chi connectivity index (χ1v) is 11.0. The molecule has 0 aliphatic heterocycles. The Morgan fingerprint density at radius 1 is 1.13 bits per heavy atom. The summed E-state index contributed by atoms with van der Waals surface area (Å²) in [6, 6.07) is 12.7. The zero-order valence-electron chi connectivity index (χ0n) is 16.4. The quantitative estimate of drug-likeness (QED) is 0.328. The number of aromatic amines is 1. The van der Waals surface area contributed by atoms with Crippen molar-refractivity contribution in [1.82, 2.24) is 19.5 Å². The highest BCUT2D eigenvalue weighted by Crippen LogP contribution is 2.32. The van der Waals surface area contributed by atoms with Gasteiger partial charge in [-0.3, -0.25) is 14.2 Å². The summed E-state index contributed by atoms with van der Waals surface area (Å²) < 4.78 is 7.61. The molecule has 30 heavy (non-hydrogen) atoms. The maximum Gasteiger partial charge on any atom is 0.262 e. The van der Waals surface area contributed by atoms with E-state index in [-0.39, 0.29) is 16.4 Å². The summed E-state index contributed by atoms with van der Waals surface area (Å²) in [5.41, 5.74) is 0.937. The van der Waals surface area contributed by atoms with Gasteiger partial charge in [-0.1, -0.05) is 39.8 Å². The van der Waals surface area contributed by atoms with Gasteiger partial charge in [0, 0.05) is 11.6 Å². The first-order valence-electron chi connectivity index (χ1n) is 9.32. The van der Waals surface area contributed by atoms with Gasteiger partial charge in [0.2, 0.25) is 0 Å². The predicted octanol–water partition coefficient (Wildman–Crippen LogP) is 3.90. The molecule has 4 aromatic rings. The predicted molar refractivity (Wildman–Crippen MR) is 122 cm³/mol. The normalized spacial score (nSPS) is 12.5. The van der Waals surface area contributed by atoms with Crippen LogP contribution in [0.25, 0.3) is 21.8 Å². The number of benzene rings is 2. The summed E-state index contributed by atoms with van der Waals surface area (Å²) in [4.78, 5) is 37.7. The van der Waals surface area contributed by atoms with Crippen molar-refractivity contribution in [3.05, 3.63) is 73.5 Å². The molecule has 0 bridgehead atoms. The Morgan fingerprint density at radius 2 is 1.90 bits per heavy atom. The second-order valence-electron chi connectivity index (χ2n) is 6.73. The summed E-state index contributed by atoms with van der Waals surface area (Å²) in [7, 11) is 1.59. The van der Waals surface area contributed by atoms with Crippen LogP contribution in [0.4, 0.5) is 0 Å². The fourth-order valence-corrected chi connectivity index (χ4v) is 4.51. The molecule has 0 saturated heterocycles. The van der Waals surface area contributed by atoms with Gasteiger partial charge in [0.15, 0.2) is 5.16 Å². The second-order valence-corrected chi connectivity index (χ2v) is 8.96. The average molecular weight is 487 g/mol. The molecule has 1 atom stereocenters. The Balaban J connectivity index is 1.78. The molecule has 0 saturated carbocycles. The molecule has 0 radical (unpaired) electrons. The molecule has 4 rings (SSSR count). The molecule has 0 fully saturated rings. The lowest BCUT2D eigenvalue weighted by Crippen LogP contribution is -2.25. The van der Waals surface area contributed by atoms with Crippen LogP contribution in [0.2, 0.25) is 0 Å². The highest BCUT2D eigenvalue weighted by molar-refractivity contribution is 9.10. The minimum absolute atomic E-state index is 0.131. The second kappa shape index (κ2) is 8.71. The van der Waals surface area contributed by atoms with E-state index in [9.17, 15) is 9.59 Å². The minimum Gasteiger partial charge on any atom is -0.383 e. The van der Waals surface area contributed by atoms with Crippen LogP contribution in [-0.2, 0) is 11.3 Å². The van der Waals surface area contributed by atoms with Gasteiger partial charge in [-0.15, -0.1) is 0 Å². The van der Waals surface area contributed by atoms with Crippen molar-refractivity contribution < 1.29 is 4.74 Å². The van der Waals surface area contributed by atoms with Crippen molar-refractivity contribution in [3.8, 4) is 0 Å². The van der Waals surface area contributed by atoms with E-state index >= 15 is 0 Å². The van der Waals surface area contributed by atoms with E-state index in [0.29, 0.717) is 45.9 Å². The van der Waals surface area contributed by atoms with Crippen molar-refractivity contribution in [2.45, 2.75) is 23.9 Å². The number of nitrogens with one attached hydrogen (secondary N) is 1. The van der Waals surface area contributed by atoms with E-state index in [1.165, 1.54) is 11.8 Å². The minimum atomic E-state index is -0.226. The van der Waals surface area contributed by atoms with E-state index in [4.69, 9.17) is 9.72 Å². The number of thioether (sulfide) groups is 1. The molecule has 7 nitrogen and oxygen atoms in total. The number of halogens is 1. The first-order chi connectivity index (χ1) is 14.5. The summed E-state index contributed by atoms with van der Waals surface area (Å²) in [6.07, 6.45) is 0. The van der Waals surface area contributed by atoms with Crippen molar-refractivity contribution in [2.75, 3.05) is 13.7 Å². The van der Waals surface area contributed by atoms with E-state index in [0.717, 1.165) is 4.47 Å². The van der Waals surface area contributed by atoms with Gasteiger partial charge in [-0.25, -0.2) is 9.97 Å². The maximum atomic E-state index is 13.1. The molecule has 154 valence electrons. The van der Waals surface area contributed by atoms with Gasteiger partial charge in [-0.2, -0.15) is 0 Å². The molecule has 2 aromatic carbocycles. The molecule has 0 spiro atoms. The summed E-state index contributed by atoms with van der Waals surface area (Å²) in [5, 5.41) is 1.41. The fraction of sp³-hybridized carbons (Fsp3) is 0.238. The highest BCUT2D eigenvalue weighted by atomic mass is 79.9. The third-order valence-electron chi connectivity index (χ3n) is 4.70. The van der Waals surface area contributed by atoms with E-state index in [1.54, 1.807) is 23.8 Å². The molecule has 2 aromatic heterocycles. The third kappa shape index (κ3) is 4.05. The summed E-state index contributed by atoms with van der Waals surface area (Å²) in [5.74, 6) is 0.534. The number of nitrogens with zero attached hydrogens (tertiary/aromatic N) is 3. The van der Waals surface area contributed by atoms with Crippen LogP contribution in [-0.4, -0.2) is 33.2 Å². The Bertz CT molecular complexity index is 1350. The monoisotopic (exact) mass is 486 g/mol. The molecule has 0 aliphatic carbocycles. The topological polar surface area (TPSA) is 89.9 Å². The van der Waals surface area contributed by atoms with Gasteiger partial charge < -0.3 is 9.72 Å². The number of para-hydroxylation sites is 1. The van der Waals surface area contributed by atoms with Gasteiger partial charge in [-0.05, 0) is 37.3 Å². The van der Waals surface area contributed by atoms with Gasteiger partial charge in [0.25, 0.3) is 11.1 Å². The third-order valence-corrected chi connectivity index (χ3v) is 6.29. The van der Waals surface area contributed by atoms with Crippen molar-refractivity contribution in [2.24, 2.45) is 0 Å². The van der Waals surface area contributed by atoms with Crippen molar-refractivity contribution in [3.63, 3.8) is 0 Å². The van der Waals surface area contributed by atoms with E-state index in [1.807, 2.05) is 37.3 Å². The van der Waals surface area contributed by atoms with E-state index in [2.05, 4.69) is 25.9 Å². The maximum absolute atomic E-state index is 13.1.